The molecule has 0 fully saturated rings. The summed E-state index contributed by atoms with van der Waals surface area (Å²) in [5, 5.41) is 13.7. The maximum absolute atomic E-state index is 15.2. The van der Waals surface area contributed by atoms with Crippen LogP contribution in [0.1, 0.15) is 43.9 Å². The van der Waals surface area contributed by atoms with Crippen LogP contribution in [0, 0.1) is 18.6 Å². The summed E-state index contributed by atoms with van der Waals surface area (Å²) >= 11 is 6.67. The number of benzene rings is 1. The molecule has 0 spiro atoms. The first-order valence-electron chi connectivity index (χ1n) is 12.2. The number of pyridine rings is 3. The lowest BCUT2D eigenvalue weighted by atomic mass is 10.00. The van der Waals surface area contributed by atoms with Crippen molar-refractivity contribution in [3.8, 4) is 22.4 Å². The molecule has 5 aromatic rings. The molecule has 0 aliphatic rings. The lowest BCUT2D eigenvalue weighted by molar-refractivity contribution is 0.0687. The maximum atomic E-state index is 15.2. The van der Waals surface area contributed by atoms with Crippen LogP contribution in [-0.4, -0.2) is 30.0 Å². The van der Waals surface area contributed by atoms with Gasteiger partial charge in [-0.2, -0.15) is 0 Å². The third-order valence-electron chi connectivity index (χ3n) is 6.31. The summed E-state index contributed by atoms with van der Waals surface area (Å²) in [6, 6.07) is 9.32. The Labute approximate surface area is 229 Å². The fourth-order valence-electron chi connectivity index (χ4n) is 4.25. The molecule has 7 nitrogen and oxygen atoms in total. The second kappa shape index (κ2) is 10.2. The summed E-state index contributed by atoms with van der Waals surface area (Å²) in [6.07, 6.45) is 6.18. The van der Waals surface area contributed by atoms with E-state index in [9.17, 15) is 9.50 Å². The number of fused-ring (bicyclic) bond motifs is 1. The van der Waals surface area contributed by atoms with Crippen molar-refractivity contribution in [2.75, 3.05) is 5.32 Å². The van der Waals surface area contributed by atoms with Crippen LogP contribution < -0.4 is 5.32 Å². The number of anilines is 1. The van der Waals surface area contributed by atoms with E-state index in [0.717, 1.165) is 11.1 Å². The zero-order valence-electron chi connectivity index (χ0n) is 21.7. The van der Waals surface area contributed by atoms with E-state index in [4.69, 9.17) is 11.6 Å². The summed E-state index contributed by atoms with van der Waals surface area (Å²) < 4.78 is 30.2. The van der Waals surface area contributed by atoms with Crippen molar-refractivity contribution in [2.24, 2.45) is 0 Å². The highest BCUT2D eigenvalue weighted by Crippen LogP contribution is 2.37. The van der Waals surface area contributed by atoms with Crippen LogP contribution in [0.5, 0.6) is 0 Å². The van der Waals surface area contributed by atoms with E-state index in [1.165, 1.54) is 24.5 Å². The molecule has 10 heteroatoms. The summed E-state index contributed by atoms with van der Waals surface area (Å²) in [6.45, 7) is 6.62. The Morgan fingerprint density at radius 1 is 0.949 bits per heavy atom. The smallest absolute Gasteiger partial charge is 0.159 e. The molecule has 0 amide bonds. The average Bonchev–Trinajstić information content (AvgIpc) is 2.91. The molecule has 1 unspecified atom stereocenters. The van der Waals surface area contributed by atoms with Gasteiger partial charge in [0, 0.05) is 47.5 Å². The molecule has 1 aromatic carbocycles. The molecule has 0 bridgehead atoms. The molecule has 5 rings (SSSR count). The van der Waals surface area contributed by atoms with Gasteiger partial charge in [-0.3, -0.25) is 4.98 Å². The van der Waals surface area contributed by atoms with Gasteiger partial charge in [-0.05, 0) is 51.5 Å². The highest BCUT2D eigenvalue weighted by atomic mass is 35.5. The highest BCUT2D eigenvalue weighted by Gasteiger charge is 2.22. The highest BCUT2D eigenvalue weighted by molar-refractivity contribution is 6.35. The normalized spacial score (nSPS) is 12.5. The van der Waals surface area contributed by atoms with E-state index in [-0.39, 0.29) is 22.1 Å². The number of nitrogens with one attached hydrogen (secondary N) is 1. The van der Waals surface area contributed by atoms with E-state index in [2.05, 4.69) is 30.2 Å². The Balaban J connectivity index is 1.58. The quantitative estimate of drug-likeness (QED) is 0.242. The predicted molar refractivity (Wildman–Crippen MR) is 147 cm³/mol. The van der Waals surface area contributed by atoms with Crippen LogP contribution in [0.4, 0.5) is 14.5 Å². The minimum atomic E-state index is -1.25. The Bertz CT molecular complexity index is 1670. The summed E-state index contributed by atoms with van der Waals surface area (Å²) in [4.78, 5) is 21.4. The van der Waals surface area contributed by atoms with Gasteiger partial charge in [0.05, 0.1) is 28.0 Å². The van der Waals surface area contributed by atoms with Crippen molar-refractivity contribution in [1.29, 1.82) is 0 Å². The largest absolute Gasteiger partial charge is 0.382 e. The van der Waals surface area contributed by atoms with Crippen molar-refractivity contribution >= 4 is 28.3 Å². The van der Waals surface area contributed by atoms with Crippen LogP contribution in [-0.2, 0) is 5.60 Å². The molecule has 2 N–H and O–H groups in total. The minimum absolute atomic E-state index is 0.00743. The molecule has 0 radical (unpaired) electrons. The SMILES string of the molecule is Cc1nc2cc(F)c(-c3cnc(C(C)(C)O)nc3)nc2c(NC(C)c2cc(-c3cccnc3)ccc2F)c1Cl. The second-order valence-corrected chi connectivity index (χ2v) is 10.1. The lowest BCUT2D eigenvalue weighted by Crippen LogP contribution is -2.19. The Morgan fingerprint density at radius 2 is 1.69 bits per heavy atom. The van der Waals surface area contributed by atoms with E-state index < -0.39 is 23.3 Å². The zero-order valence-corrected chi connectivity index (χ0v) is 22.4. The maximum Gasteiger partial charge on any atom is 0.159 e. The first-order chi connectivity index (χ1) is 18.5. The predicted octanol–water partition coefficient (Wildman–Crippen LogP) is 6.79. The van der Waals surface area contributed by atoms with Crippen LogP contribution >= 0.6 is 11.6 Å². The third kappa shape index (κ3) is 5.28. The molecule has 0 aliphatic heterocycles. The molecule has 198 valence electrons. The molecule has 4 heterocycles. The first-order valence-corrected chi connectivity index (χ1v) is 12.6. The van der Waals surface area contributed by atoms with E-state index in [0.29, 0.717) is 28.0 Å². The Morgan fingerprint density at radius 3 is 2.36 bits per heavy atom. The Hall–Kier alpha value is -4.08. The number of aromatic nitrogens is 5. The van der Waals surface area contributed by atoms with Gasteiger partial charge in [0.25, 0.3) is 0 Å². The Kier molecular flexibility index (Phi) is 6.96. The summed E-state index contributed by atoms with van der Waals surface area (Å²) in [5.74, 6) is -0.817. The van der Waals surface area contributed by atoms with Gasteiger partial charge in [-0.15, -0.1) is 0 Å². The second-order valence-electron chi connectivity index (χ2n) is 9.77. The molecule has 0 aliphatic carbocycles. The van der Waals surface area contributed by atoms with Crippen molar-refractivity contribution in [3.05, 3.63) is 94.9 Å². The standard InChI is InChI=1S/C29H25ClF2N6O/c1-15(20-10-17(7-8-21(20)31)18-6-5-9-33-12-18)37-27-24(30)16(2)36-23-11-22(32)25(38-26(23)27)19-13-34-28(35-14-19)29(3,4)39/h5-15,39H,1-4H3,(H,36,37). The number of rotatable bonds is 6. The van der Waals surface area contributed by atoms with Crippen LogP contribution in [0.15, 0.2) is 61.2 Å². The third-order valence-corrected chi connectivity index (χ3v) is 6.77. The van der Waals surface area contributed by atoms with Crippen molar-refractivity contribution in [3.63, 3.8) is 0 Å². The number of halogens is 3. The van der Waals surface area contributed by atoms with Gasteiger partial charge < -0.3 is 10.4 Å². The van der Waals surface area contributed by atoms with Crippen LogP contribution in [0.25, 0.3) is 33.4 Å². The van der Waals surface area contributed by atoms with E-state index in [1.807, 2.05) is 12.1 Å². The number of aliphatic hydroxyl groups is 1. The van der Waals surface area contributed by atoms with Gasteiger partial charge >= 0.3 is 0 Å². The van der Waals surface area contributed by atoms with E-state index >= 15 is 4.39 Å². The average molecular weight is 547 g/mol. The zero-order chi connectivity index (χ0) is 27.9. The first kappa shape index (κ1) is 26.5. The molecule has 39 heavy (non-hydrogen) atoms. The van der Waals surface area contributed by atoms with Gasteiger partial charge in [-0.1, -0.05) is 23.7 Å². The number of nitrogens with zero attached hydrogens (tertiary/aromatic N) is 5. The van der Waals surface area contributed by atoms with E-state index in [1.54, 1.807) is 52.2 Å². The monoisotopic (exact) mass is 546 g/mol. The number of hydrogen-bond acceptors (Lipinski definition) is 7. The molecule has 0 saturated heterocycles. The molecule has 0 saturated carbocycles. The minimum Gasteiger partial charge on any atom is -0.382 e. The number of hydrogen-bond donors (Lipinski definition) is 2. The fourth-order valence-corrected chi connectivity index (χ4v) is 4.43. The van der Waals surface area contributed by atoms with Crippen molar-refractivity contribution in [2.45, 2.75) is 39.3 Å². The van der Waals surface area contributed by atoms with Gasteiger partial charge in [0.2, 0.25) is 0 Å². The van der Waals surface area contributed by atoms with Gasteiger partial charge in [-0.25, -0.2) is 28.7 Å². The van der Waals surface area contributed by atoms with Gasteiger partial charge in [0.1, 0.15) is 22.6 Å². The van der Waals surface area contributed by atoms with Gasteiger partial charge in [0.15, 0.2) is 11.6 Å². The molecular weight excluding hydrogens is 522 g/mol. The molecular formula is C29H25ClF2N6O. The van der Waals surface area contributed by atoms with Crippen LogP contribution in [0.2, 0.25) is 5.02 Å². The number of aryl methyl sites for hydroxylation is 1. The topological polar surface area (TPSA) is 96.7 Å². The summed E-state index contributed by atoms with van der Waals surface area (Å²) in [7, 11) is 0. The summed E-state index contributed by atoms with van der Waals surface area (Å²) in [5.41, 5.74) is 2.59. The van der Waals surface area contributed by atoms with Crippen LogP contribution in [0.3, 0.4) is 0 Å². The molecule has 4 aromatic heterocycles. The fraction of sp³-hybridized carbons (Fsp3) is 0.207. The lowest BCUT2D eigenvalue weighted by Gasteiger charge is -2.20. The van der Waals surface area contributed by atoms with Crippen molar-refractivity contribution < 1.29 is 13.9 Å². The van der Waals surface area contributed by atoms with Crippen molar-refractivity contribution in [1.82, 2.24) is 24.9 Å². The molecule has 1 atom stereocenters.